The minimum Gasteiger partial charge on any atom is -0.490 e. The van der Waals surface area contributed by atoms with Crippen molar-refractivity contribution in [3.63, 3.8) is 0 Å². The zero-order chi connectivity index (χ0) is 15.8. The quantitative estimate of drug-likeness (QED) is 0.821. The summed E-state index contributed by atoms with van der Waals surface area (Å²) in [5, 5.41) is 2.85. The van der Waals surface area contributed by atoms with Crippen LogP contribution >= 0.6 is 0 Å². The number of carbonyl (C=O) groups is 1. The molecule has 4 heteroatoms. The summed E-state index contributed by atoms with van der Waals surface area (Å²) in [6, 6.07) is 16.9. The van der Waals surface area contributed by atoms with Gasteiger partial charge in [-0.25, -0.2) is 4.79 Å². The van der Waals surface area contributed by atoms with Gasteiger partial charge >= 0.3 is 6.03 Å². The molecule has 2 aromatic rings. The fourth-order valence-electron chi connectivity index (χ4n) is 1.93. The maximum atomic E-state index is 12.1. The van der Waals surface area contributed by atoms with E-state index in [0.717, 1.165) is 17.0 Å². The lowest BCUT2D eigenvalue weighted by molar-refractivity contribution is 0.220. The minimum atomic E-state index is -0.141. The van der Waals surface area contributed by atoms with Crippen LogP contribution < -0.4 is 10.1 Å². The number of para-hydroxylation sites is 1. The molecule has 0 atom stereocenters. The van der Waals surface area contributed by atoms with Crippen LogP contribution in [0.1, 0.15) is 5.56 Å². The predicted octanol–water partition coefficient (Wildman–Crippen LogP) is 3.92. The first-order valence-corrected chi connectivity index (χ1v) is 7.09. The summed E-state index contributed by atoms with van der Waals surface area (Å²) in [7, 11) is 1.76. The Morgan fingerprint density at radius 3 is 2.50 bits per heavy atom. The Labute approximate surface area is 131 Å². The largest absolute Gasteiger partial charge is 0.490 e. The first-order valence-electron chi connectivity index (χ1n) is 7.09. The van der Waals surface area contributed by atoms with Crippen LogP contribution in [0.2, 0.25) is 0 Å². The van der Waals surface area contributed by atoms with Gasteiger partial charge in [0.1, 0.15) is 12.4 Å². The van der Waals surface area contributed by atoms with E-state index in [9.17, 15) is 4.79 Å². The Morgan fingerprint density at radius 2 is 1.86 bits per heavy atom. The molecule has 0 fully saturated rings. The van der Waals surface area contributed by atoms with Gasteiger partial charge < -0.3 is 15.0 Å². The molecule has 2 rings (SSSR count). The molecule has 0 unspecified atom stereocenters. The van der Waals surface area contributed by atoms with E-state index in [0.29, 0.717) is 13.2 Å². The fourth-order valence-corrected chi connectivity index (χ4v) is 1.93. The highest BCUT2D eigenvalue weighted by Gasteiger charge is 2.09. The lowest BCUT2D eigenvalue weighted by Gasteiger charge is -2.18. The predicted molar refractivity (Wildman–Crippen MR) is 89.1 cm³/mol. The Bertz CT molecular complexity index is 609. The number of anilines is 1. The molecule has 0 saturated carbocycles. The number of hydrogen-bond donors (Lipinski definition) is 1. The van der Waals surface area contributed by atoms with Crippen molar-refractivity contribution in [3.8, 4) is 5.75 Å². The molecule has 4 nitrogen and oxygen atoms in total. The zero-order valence-corrected chi connectivity index (χ0v) is 12.7. The van der Waals surface area contributed by atoms with Crippen molar-refractivity contribution < 1.29 is 9.53 Å². The van der Waals surface area contributed by atoms with Gasteiger partial charge in [-0.15, -0.1) is 0 Å². The van der Waals surface area contributed by atoms with E-state index in [2.05, 4.69) is 11.9 Å². The number of carbonyl (C=O) groups excluding carboxylic acids is 1. The van der Waals surface area contributed by atoms with Crippen molar-refractivity contribution in [3.05, 3.63) is 72.8 Å². The van der Waals surface area contributed by atoms with Crippen molar-refractivity contribution >= 4 is 11.7 Å². The van der Waals surface area contributed by atoms with Crippen molar-refractivity contribution in [2.75, 3.05) is 19.0 Å². The summed E-state index contributed by atoms with van der Waals surface area (Å²) in [6.07, 6.45) is 1.70. The number of amides is 2. The molecule has 2 amide bonds. The van der Waals surface area contributed by atoms with E-state index in [1.54, 1.807) is 18.0 Å². The van der Waals surface area contributed by atoms with Crippen LogP contribution in [0.4, 0.5) is 10.5 Å². The number of nitrogens with zero attached hydrogens (tertiary/aromatic N) is 1. The molecule has 0 heterocycles. The molecule has 0 radical (unpaired) electrons. The number of benzene rings is 2. The molecule has 1 N–H and O–H groups in total. The number of nitrogens with one attached hydrogen (secondary N) is 1. The minimum absolute atomic E-state index is 0.141. The van der Waals surface area contributed by atoms with Gasteiger partial charge in [-0.1, -0.05) is 43.0 Å². The van der Waals surface area contributed by atoms with E-state index < -0.39 is 0 Å². The highest BCUT2D eigenvalue weighted by atomic mass is 16.5. The average Bonchev–Trinajstić information content (AvgIpc) is 2.55. The van der Waals surface area contributed by atoms with Crippen molar-refractivity contribution in [1.82, 2.24) is 4.90 Å². The molecule has 0 saturated heterocycles. The molecule has 0 aliphatic carbocycles. The smallest absolute Gasteiger partial charge is 0.321 e. The van der Waals surface area contributed by atoms with Gasteiger partial charge in [-0.2, -0.15) is 0 Å². The summed E-state index contributed by atoms with van der Waals surface area (Å²) in [6.45, 7) is 4.62. The van der Waals surface area contributed by atoms with Crippen LogP contribution in [0.5, 0.6) is 5.75 Å². The van der Waals surface area contributed by atoms with Gasteiger partial charge in [-0.05, 0) is 29.8 Å². The SMILES string of the molecule is C=CCOc1ccc(CN(C)C(=O)Nc2ccccc2)cc1. The van der Waals surface area contributed by atoms with Crippen molar-refractivity contribution in [2.45, 2.75) is 6.54 Å². The summed E-state index contributed by atoms with van der Waals surface area (Å²) in [5.74, 6) is 0.792. The second-order valence-electron chi connectivity index (χ2n) is 4.90. The second-order valence-corrected chi connectivity index (χ2v) is 4.90. The highest BCUT2D eigenvalue weighted by molar-refractivity contribution is 5.89. The standard InChI is InChI=1S/C18H20N2O2/c1-3-13-22-17-11-9-15(10-12-17)14-20(2)18(21)19-16-7-5-4-6-8-16/h3-12H,1,13-14H2,2H3,(H,19,21). The van der Waals surface area contributed by atoms with Gasteiger partial charge in [0.05, 0.1) is 0 Å². The Hall–Kier alpha value is -2.75. The normalized spacial score (nSPS) is 9.86. The molecule has 2 aromatic carbocycles. The zero-order valence-electron chi connectivity index (χ0n) is 12.7. The van der Waals surface area contributed by atoms with Crippen molar-refractivity contribution in [1.29, 1.82) is 0 Å². The van der Waals surface area contributed by atoms with Gasteiger partial charge in [0.25, 0.3) is 0 Å². The first kappa shape index (κ1) is 15.6. The van der Waals surface area contributed by atoms with Crippen LogP contribution in [0.25, 0.3) is 0 Å². The molecule has 0 bridgehead atoms. The van der Waals surface area contributed by atoms with Crippen LogP contribution in [0.15, 0.2) is 67.3 Å². The van der Waals surface area contributed by atoms with Gasteiger partial charge in [0.15, 0.2) is 0 Å². The Balaban J connectivity index is 1.89. The summed E-state index contributed by atoms with van der Waals surface area (Å²) < 4.78 is 5.43. The topological polar surface area (TPSA) is 41.6 Å². The summed E-state index contributed by atoms with van der Waals surface area (Å²) >= 11 is 0. The molecule has 0 aliphatic rings. The van der Waals surface area contributed by atoms with Crippen molar-refractivity contribution in [2.24, 2.45) is 0 Å². The number of ether oxygens (including phenoxy) is 1. The van der Waals surface area contributed by atoms with E-state index in [1.165, 1.54) is 0 Å². The monoisotopic (exact) mass is 296 g/mol. The van der Waals surface area contributed by atoms with E-state index in [-0.39, 0.29) is 6.03 Å². The first-order chi connectivity index (χ1) is 10.7. The number of urea groups is 1. The molecule has 114 valence electrons. The third-order valence-corrected chi connectivity index (χ3v) is 3.08. The highest BCUT2D eigenvalue weighted by Crippen LogP contribution is 2.14. The molecular weight excluding hydrogens is 276 g/mol. The lowest BCUT2D eigenvalue weighted by Crippen LogP contribution is -2.30. The third kappa shape index (κ3) is 4.66. The molecule has 0 spiro atoms. The Kier molecular flexibility index (Phi) is 5.60. The summed E-state index contributed by atoms with van der Waals surface area (Å²) in [5.41, 5.74) is 1.82. The van der Waals surface area contributed by atoms with Gasteiger partial charge in [-0.3, -0.25) is 0 Å². The van der Waals surface area contributed by atoms with Crippen LogP contribution in [-0.2, 0) is 6.54 Å². The van der Waals surface area contributed by atoms with Gasteiger partial charge in [0, 0.05) is 19.3 Å². The average molecular weight is 296 g/mol. The molecule has 0 aliphatic heterocycles. The van der Waals surface area contributed by atoms with E-state index in [4.69, 9.17) is 4.74 Å². The second kappa shape index (κ2) is 7.88. The number of hydrogen-bond acceptors (Lipinski definition) is 2. The number of rotatable bonds is 6. The molecule has 0 aromatic heterocycles. The van der Waals surface area contributed by atoms with Gasteiger partial charge in [0.2, 0.25) is 0 Å². The van der Waals surface area contributed by atoms with Crippen LogP contribution in [-0.4, -0.2) is 24.6 Å². The summed E-state index contributed by atoms with van der Waals surface area (Å²) in [4.78, 5) is 13.7. The molecular formula is C18H20N2O2. The molecule has 22 heavy (non-hydrogen) atoms. The van der Waals surface area contributed by atoms with E-state index in [1.807, 2.05) is 54.6 Å². The van der Waals surface area contributed by atoms with E-state index >= 15 is 0 Å². The maximum Gasteiger partial charge on any atom is 0.321 e. The van der Waals surface area contributed by atoms with Crippen LogP contribution in [0, 0.1) is 0 Å². The van der Waals surface area contributed by atoms with Crippen LogP contribution in [0.3, 0.4) is 0 Å². The lowest BCUT2D eigenvalue weighted by atomic mass is 10.2. The maximum absolute atomic E-state index is 12.1. The third-order valence-electron chi connectivity index (χ3n) is 3.08. The Morgan fingerprint density at radius 1 is 1.18 bits per heavy atom. The fraction of sp³-hybridized carbons (Fsp3) is 0.167.